The Hall–Kier alpha value is -1.36. The van der Waals surface area contributed by atoms with Gasteiger partial charge in [-0.15, -0.1) is 35.3 Å². The topological polar surface area (TPSA) is 49.3 Å². The Morgan fingerprint density at radius 1 is 1.26 bits per heavy atom. The van der Waals surface area contributed by atoms with Crippen LogP contribution in [0.3, 0.4) is 0 Å². The van der Waals surface area contributed by atoms with Gasteiger partial charge in [-0.2, -0.15) is 13.2 Å². The highest BCUT2D eigenvalue weighted by Gasteiger charge is 2.30. The SMILES string of the molecule is CCNC(=NCc1cccc(C(F)(F)F)c1)NCCCc1nc(C)cs1.I. The highest BCUT2D eigenvalue weighted by atomic mass is 127. The number of thiazole rings is 1. The summed E-state index contributed by atoms with van der Waals surface area (Å²) in [6.45, 7) is 5.50. The predicted octanol–water partition coefficient (Wildman–Crippen LogP) is 4.78. The van der Waals surface area contributed by atoms with E-state index >= 15 is 0 Å². The number of nitrogens with zero attached hydrogens (tertiary/aromatic N) is 2. The molecule has 0 aliphatic carbocycles. The maximum atomic E-state index is 12.8. The molecule has 0 amide bonds. The minimum atomic E-state index is -4.34. The Balaban J connectivity index is 0.00000364. The molecule has 0 aliphatic rings. The average Bonchev–Trinajstić information content (AvgIpc) is 3.01. The second-order valence-corrected chi connectivity index (χ2v) is 6.75. The van der Waals surface area contributed by atoms with Crippen molar-refractivity contribution in [3.05, 3.63) is 51.5 Å². The summed E-state index contributed by atoms with van der Waals surface area (Å²) >= 11 is 1.65. The molecule has 1 heterocycles. The molecule has 0 aliphatic heterocycles. The van der Waals surface area contributed by atoms with Gasteiger partial charge in [-0.05, 0) is 38.0 Å². The van der Waals surface area contributed by atoms with Gasteiger partial charge in [-0.1, -0.05) is 12.1 Å². The molecule has 0 saturated heterocycles. The van der Waals surface area contributed by atoms with Crippen molar-refractivity contribution in [1.29, 1.82) is 0 Å². The summed E-state index contributed by atoms with van der Waals surface area (Å²) in [6, 6.07) is 5.26. The fraction of sp³-hybridized carbons (Fsp3) is 0.444. The monoisotopic (exact) mass is 512 g/mol. The third-order valence-electron chi connectivity index (χ3n) is 3.54. The lowest BCUT2D eigenvalue weighted by molar-refractivity contribution is -0.137. The molecule has 0 saturated carbocycles. The standard InChI is InChI=1S/C18H23F3N4S.HI/c1-3-22-17(23-9-5-8-16-25-13(2)12-26-16)24-11-14-6-4-7-15(10-14)18(19,20)21;/h4,6-7,10,12H,3,5,8-9,11H2,1-2H3,(H2,22,23,24);1H. The Bertz CT molecular complexity index is 731. The van der Waals surface area contributed by atoms with Crippen LogP contribution in [0.25, 0.3) is 0 Å². The minimum absolute atomic E-state index is 0. The van der Waals surface area contributed by atoms with Crippen LogP contribution in [0.4, 0.5) is 13.2 Å². The zero-order valence-electron chi connectivity index (χ0n) is 15.3. The van der Waals surface area contributed by atoms with E-state index in [1.165, 1.54) is 6.07 Å². The summed E-state index contributed by atoms with van der Waals surface area (Å²) in [4.78, 5) is 8.79. The summed E-state index contributed by atoms with van der Waals surface area (Å²) in [5.41, 5.74) is 0.908. The molecule has 27 heavy (non-hydrogen) atoms. The van der Waals surface area contributed by atoms with Crippen molar-refractivity contribution >= 4 is 41.3 Å². The van der Waals surface area contributed by atoms with Crippen molar-refractivity contribution in [2.24, 2.45) is 4.99 Å². The van der Waals surface area contributed by atoms with Gasteiger partial charge in [-0.3, -0.25) is 0 Å². The number of aryl methyl sites for hydroxylation is 2. The van der Waals surface area contributed by atoms with Gasteiger partial charge in [0.15, 0.2) is 5.96 Å². The van der Waals surface area contributed by atoms with Crippen LogP contribution in [-0.2, 0) is 19.1 Å². The van der Waals surface area contributed by atoms with Crippen molar-refractivity contribution in [3.63, 3.8) is 0 Å². The molecule has 9 heteroatoms. The van der Waals surface area contributed by atoms with Gasteiger partial charge in [0.1, 0.15) is 0 Å². The molecular formula is C18H24F3IN4S. The molecule has 2 N–H and O–H groups in total. The fourth-order valence-corrected chi connectivity index (χ4v) is 3.14. The molecule has 0 unspecified atom stereocenters. The van der Waals surface area contributed by atoms with E-state index in [9.17, 15) is 13.2 Å². The molecule has 0 fully saturated rings. The summed E-state index contributed by atoms with van der Waals surface area (Å²) in [5.74, 6) is 0.597. The van der Waals surface area contributed by atoms with E-state index in [-0.39, 0.29) is 30.5 Å². The van der Waals surface area contributed by atoms with E-state index in [2.05, 4.69) is 20.6 Å². The van der Waals surface area contributed by atoms with E-state index < -0.39 is 11.7 Å². The van der Waals surface area contributed by atoms with Crippen LogP contribution in [0.5, 0.6) is 0 Å². The lowest BCUT2D eigenvalue weighted by atomic mass is 10.1. The van der Waals surface area contributed by atoms with E-state index in [4.69, 9.17) is 0 Å². The first-order chi connectivity index (χ1) is 12.4. The zero-order valence-corrected chi connectivity index (χ0v) is 18.4. The van der Waals surface area contributed by atoms with E-state index in [1.54, 1.807) is 17.4 Å². The molecule has 0 radical (unpaired) electrons. The van der Waals surface area contributed by atoms with Crippen LogP contribution in [-0.4, -0.2) is 24.0 Å². The number of alkyl halides is 3. The fourth-order valence-electron chi connectivity index (χ4n) is 2.32. The number of aliphatic imine (C=N–C) groups is 1. The average molecular weight is 512 g/mol. The first-order valence-corrected chi connectivity index (χ1v) is 9.35. The highest BCUT2D eigenvalue weighted by molar-refractivity contribution is 14.0. The third-order valence-corrected chi connectivity index (χ3v) is 4.57. The van der Waals surface area contributed by atoms with E-state index in [1.807, 2.05) is 19.2 Å². The van der Waals surface area contributed by atoms with Gasteiger partial charge < -0.3 is 10.6 Å². The second kappa shape index (κ2) is 11.5. The minimum Gasteiger partial charge on any atom is -0.357 e. The van der Waals surface area contributed by atoms with Gasteiger partial charge >= 0.3 is 6.18 Å². The van der Waals surface area contributed by atoms with Crippen molar-refractivity contribution in [2.75, 3.05) is 13.1 Å². The molecule has 0 bridgehead atoms. The van der Waals surface area contributed by atoms with Crippen molar-refractivity contribution in [3.8, 4) is 0 Å². The number of benzene rings is 1. The lowest BCUT2D eigenvalue weighted by Crippen LogP contribution is -2.37. The van der Waals surface area contributed by atoms with Crippen molar-refractivity contribution < 1.29 is 13.2 Å². The quantitative estimate of drug-likeness (QED) is 0.243. The Morgan fingerprint density at radius 2 is 2.04 bits per heavy atom. The van der Waals surface area contributed by atoms with Crippen LogP contribution in [0.1, 0.15) is 35.2 Å². The number of rotatable bonds is 7. The van der Waals surface area contributed by atoms with Gasteiger partial charge in [-0.25, -0.2) is 9.98 Å². The number of nitrogens with one attached hydrogen (secondary N) is 2. The molecule has 4 nitrogen and oxygen atoms in total. The van der Waals surface area contributed by atoms with Crippen LogP contribution in [0.15, 0.2) is 34.6 Å². The second-order valence-electron chi connectivity index (χ2n) is 5.81. The number of hydrogen-bond acceptors (Lipinski definition) is 3. The van der Waals surface area contributed by atoms with Crippen LogP contribution in [0.2, 0.25) is 0 Å². The van der Waals surface area contributed by atoms with Gasteiger partial charge in [0.2, 0.25) is 0 Å². The predicted molar refractivity (Wildman–Crippen MR) is 115 cm³/mol. The van der Waals surface area contributed by atoms with Gasteiger partial charge in [0.25, 0.3) is 0 Å². The van der Waals surface area contributed by atoms with Gasteiger partial charge in [0, 0.05) is 30.6 Å². The lowest BCUT2D eigenvalue weighted by Gasteiger charge is -2.11. The van der Waals surface area contributed by atoms with Gasteiger partial charge in [0.05, 0.1) is 17.1 Å². The molecule has 150 valence electrons. The molecule has 2 aromatic rings. The molecule has 0 atom stereocenters. The number of halogens is 4. The third kappa shape index (κ3) is 8.46. The first-order valence-electron chi connectivity index (χ1n) is 8.48. The smallest absolute Gasteiger partial charge is 0.357 e. The molecule has 1 aromatic heterocycles. The zero-order chi connectivity index (χ0) is 19.0. The van der Waals surface area contributed by atoms with Crippen molar-refractivity contribution in [1.82, 2.24) is 15.6 Å². The molecule has 0 spiro atoms. The molecule has 2 rings (SSSR count). The number of hydrogen-bond donors (Lipinski definition) is 2. The first kappa shape index (κ1) is 23.7. The Kier molecular flexibility index (Phi) is 10.1. The van der Waals surface area contributed by atoms with E-state index in [0.29, 0.717) is 24.6 Å². The summed E-state index contributed by atoms with van der Waals surface area (Å²) in [7, 11) is 0. The molecular weight excluding hydrogens is 488 g/mol. The summed E-state index contributed by atoms with van der Waals surface area (Å²) in [5, 5.41) is 9.45. The highest BCUT2D eigenvalue weighted by Crippen LogP contribution is 2.29. The van der Waals surface area contributed by atoms with E-state index in [0.717, 1.165) is 35.7 Å². The summed E-state index contributed by atoms with van der Waals surface area (Å²) < 4.78 is 38.3. The maximum Gasteiger partial charge on any atom is 0.416 e. The largest absolute Gasteiger partial charge is 0.416 e. The van der Waals surface area contributed by atoms with Crippen LogP contribution < -0.4 is 10.6 Å². The normalized spacial score (nSPS) is 11.8. The Labute approximate surface area is 178 Å². The van der Waals surface area contributed by atoms with Crippen molar-refractivity contribution in [2.45, 2.75) is 39.4 Å². The number of guanidine groups is 1. The van der Waals surface area contributed by atoms with Crippen LogP contribution >= 0.6 is 35.3 Å². The number of aromatic nitrogens is 1. The van der Waals surface area contributed by atoms with Crippen LogP contribution in [0, 0.1) is 6.92 Å². The molecule has 1 aromatic carbocycles. The maximum absolute atomic E-state index is 12.8. The Morgan fingerprint density at radius 3 is 2.67 bits per heavy atom. The summed E-state index contributed by atoms with van der Waals surface area (Å²) in [6.07, 6.45) is -2.55.